The molecule has 1 atom stereocenters. The third kappa shape index (κ3) is 1.97. The van der Waals surface area contributed by atoms with Crippen molar-refractivity contribution in [1.29, 1.82) is 0 Å². The van der Waals surface area contributed by atoms with Crippen LogP contribution in [0.2, 0.25) is 0 Å². The number of amides is 1. The summed E-state index contributed by atoms with van der Waals surface area (Å²) >= 11 is 0. The van der Waals surface area contributed by atoms with Crippen LogP contribution >= 0.6 is 0 Å². The molecule has 4 rings (SSSR count). The molecule has 21 heavy (non-hydrogen) atoms. The number of carbonyl (C=O) groups is 1. The molecule has 0 saturated carbocycles. The number of rotatable bonds is 2. The number of anilines is 1. The molecule has 0 aliphatic carbocycles. The molecule has 3 heterocycles. The number of H-pyrrole nitrogens is 1. The molecule has 102 valence electrons. The van der Waals surface area contributed by atoms with Gasteiger partial charge >= 0.3 is 0 Å². The summed E-state index contributed by atoms with van der Waals surface area (Å²) in [5.41, 5.74) is 2.55. The summed E-state index contributed by atoms with van der Waals surface area (Å²) < 4.78 is 0. The van der Waals surface area contributed by atoms with E-state index in [0.717, 1.165) is 22.2 Å². The van der Waals surface area contributed by atoms with E-state index in [1.165, 1.54) is 0 Å². The minimum absolute atomic E-state index is 0.102. The largest absolute Gasteiger partial charge is 0.310 e. The topological polar surface area (TPSA) is 83.0 Å². The van der Waals surface area contributed by atoms with Gasteiger partial charge in [-0.25, -0.2) is 4.98 Å². The Morgan fingerprint density at radius 3 is 3.19 bits per heavy atom. The Labute approximate surface area is 119 Å². The van der Waals surface area contributed by atoms with Crippen molar-refractivity contribution in [3.05, 3.63) is 48.3 Å². The van der Waals surface area contributed by atoms with Gasteiger partial charge < -0.3 is 5.32 Å². The molecule has 0 spiro atoms. The molecule has 1 aromatic carbocycles. The summed E-state index contributed by atoms with van der Waals surface area (Å²) in [5.74, 6) is 0.115. The number of fused-ring (bicyclic) bond motifs is 2. The molecule has 2 N–H and O–H groups in total. The standard InChI is InChI=1S/C15H11N5O/c21-15-12(11-2-1-5-16-14(11)19-15)8-17-10-4-3-9-7-18-20-13(9)6-10/h1-8,12H,(H,18,20)(H,16,19,21). The number of nitrogens with one attached hydrogen (secondary N) is 2. The minimum Gasteiger partial charge on any atom is -0.310 e. The lowest BCUT2D eigenvalue weighted by atomic mass is 10.0. The van der Waals surface area contributed by atoms with E-state index in [4.69, 9.17) is 0 Å². The summed E-state index contributed by atoms with van der Waals surface area (Å²) in [5, 5.41) is 10.7. The van der Waals surface area contributed by atoms with Crippen LogP contribution in [0.4, 0.5) is 11.5 Å². The number of benzene rings is 1. The van der Waals surface area contributed by atoms with E-state index >= 15 is 0 Å². The number of hydrogen-bond donors (Lipinski definition) is 2. The molecule has 6 heteroatoms. The second-order valence-electron chi connectivity index (χ2n) is 4.83. The molecule has 2 aromatic heterocycles. The number of aromatic nitrogens is 3. The van der Waals surface area contributed by atoms with Crippen LogP contribution in [0.5, 0.6) is 0 Å². The average Bonchev–Trinajstić information content (AvgIpc) is 3.08. The Kier molecular flexibility index (Phi) is 2.53. The van der Waals surface area contributed by atoms with Crippen LogP contribution in [0.25, 0.3) is 10.9 Å². The maximum Gasteiger partial charge on any atom is 0.238 e. The first-order valence-corrected chi connectivity index (χ1v) is 6.54. The first kappa shape index (κ1) is 11.8. The van der Waals surface area contributed by atoms with Crippen molar-refractivity contribution >= 4 is 34.5 Å². The van der Waals surface area contributed by atoms with Crippen LogP contribution in [-0.4, -0.2) is 27.3 Å². The van der Waals surface area contributed by atoms with Gasteiger partial charge in [0.15, 0.2) is 0 Å². The summed E-state index contributed by atoms with van der Waals surface area (Å²) in [7, 11) is 0. The summed E-state index contributed by atoms with van der Waals surface area (Å²) in [6.07, 6.45) is 5.07. The van der Waals surface area contributed by atoms with E-state index in [9.17, 15) is 4.79 Å². The van der Waals surface area contributed by atoms with Crippen LogP contribution in [-0.2, 0) is 4.79 Å². The summed E-state index contributed by atoms with van der Waals surface area (Å²) in [6, 6.07) is 9.43. The third-order valence-corrected chi connectivity index (χ3v) is 3.50. The van der Waals surface area contributed by atoms with E-state index < -0.39 is 5.92 Å². The number of aliphatic imine (C=N–C) groups is 1. The smallest absolute Gasteiger partial charge is 0.238 e. The summed E-state index contributed by atoms with van der Waals surface area (Å²) in [6.45, 7) is 0. The lowest BCUT2D eigenvalue weighted by Gasteiger charge is -2.01. The van der Waals surface area contributed by atoms with Crippen molar-refractivity contribution in [2.45, 2.75) is 5.92 Å². The fourth-order valence-electron chi connectivity index (χ4n) is 2.42. The van der Waals surface area contributed by atoms with E-state index in [0.29, 0.717) is 5.82 Å². The Bertz CT molecular complexity index is 867. The summed E-state index contributed by atoms with van der Waals surface area (Å²) in [4.78, 5) is 20.5. The van der Waals surface area contributed by atoms with Gasteiger partial charge in [-0.2, -0.15) is 5.10 Å². The minimum atomic E-state index is -0.397. The highest BCUT2D eigenvalue weighted by atomic mass is 16.2. The van der Waals surface area contributed by atoms with Crippen LogP contribution < -0.4 is 5.32 Å². The first-order chi connectivity index (χ1) is 10.3. The SMILES string of the molecule is O=C1Nc2ncccc2C1C=Nc1ccc2cn[nH]c2c1. The number of nitrogens with zero attached hydrogens (tertiary/aromatic N) is 3. The van der Waals surface area contributed by atoms with Crippen molar-refractivity contribution in [2.24, 2.45) is 4.99 Å². The van der Waals surface area contributed by atoms with Crippen molar-refractivity contribution < 1.29 is 4.79 Å². The van der Waals surface area contributed by atoms with Gasteiger partial charge in [0, 0.05) is 23.4 Å². The lowest BCUT2D eigenvalue weighted by molar-refractivity contribution is -0.115. The Morgan fingerprint density at radius 2 is 2.24 bits per heavy atom. The molecular formula is C15H11N5O. The monoisotopic (exact) mass is 277 g/mol. The van der Waals surface area contributed by atoms with Gasteiger partial charge in [0.05, 0.1) is 17.4 Å². The van der Waals surface area contributed by atoms with E-state index in [1.807, 2.05) is 30.3 Å². The third-order valence-electron chi connectivity index (χ3n) is 3.50. The number of hydrogen-bond acceptors (Lipinski definition) is 4. The highest BCUT2D eigenvalue weighted by molar-refractivity contribution is 6.11. The number of carbonyl (C=O) groups excluding carboxylic acids is 1. The fraction of sp³-hybridized carbons (Fsp3) is 0.0667. The van der Waals surface area contributed by atoms with Gasteiger partial charge in [0.1, 0.15) is 11.7 Å². The normalized spacial score (nSPS) is 17.3. The Morgan fingerprint density at radius 1 is 1.29 bits per heavy atom. The lowest BCUT2D eigenvalue weighted by Crippen LogP contribution is -2.12. The second kappa shape index (κ2) is 4.52. The first-order valence-electron chi connectivity index (χ1n) is 6.54. The van der Waals surface area contributed by atoms with Gasteiger partial charge in [-0.15, -0.1) is 0 Å². The predicted molar refractivity (Wildman–Crippen MR) is 79.9 cm³/mol. The molecule has 1 aliphatic rings. The zero-order valence-electron chi connectivity index (χ0n) is 10.9. The molecular weight excluding hydrogens is 266 g/mol. The molecule has 6 nitrogen and oxygen atoms in total. The second-order valence-corrected chi connectivity index (χ2v) is 4.83. The molecule has 1 aliphatic heterocycles. The Hall–Kier alpha value is -3.02. The predicted octanol–water partition coefficient (Wildman–Crippen LogP) is 2.40. The molecule has 0 saturated heterocycles. The Balaban J connectivity index is 1.67. The van der Waals surface area contributed by atoms with Gasteiger partial charge in [-0.3, -0.25) is 14.9 Å². The zero-order chi connectivity index (χ0) is 14.2. The van der Waals surface area contributed by atoms with E-state index in [2.05, 4.69) is 25.5 Å². The maximum absolute atomic E-state index is 12.0. The average molecular weight is 277 g/mol. The van der Waals surface area contributed by atoms with Gasteiger partial charge in [-0.1, -0.05) is 6.07 Å². The highest BCUT2D eigenvalue weighted by Gasteiger charge is 2.29. The molecule has 0 fully saturated rings. The van der Waals surface area contributed by atoms with Crippen molar-refractivity contribution in [3.8, 4) is 0 Å². The van der Waals surface area contributed by atoms with Crippen molar-refractivity contribution in [2.75, 3.05) is 5.32 Å². The van der Waals surface area contributed by atoms with Crippen molar-refractivity contribution in [1.82, 2.24) is 15.2 Å². The van der Waals surface area contributed by atoms with Crippen LogP contribution in [0.1, 0.15) is 11.5 Å². The number of pyridine rings is 1. The molecule has 3 aromatic rings. The molecule has 1 amide bonds. The van der Waals surface area contributed by atoms with Gasteiger partial charge in [-0.05, 0) is 24.3 Å². The van der Waals surface area contributed by atoms with Crippen LogP contribution in [0.3, 0.4) is 0 Å². The fourth-order valence-corrected chi connectivity index (χ4v) is 2.42. The maximum atomic E-state index is 12.0. The zero-order valence-corrected chi connectivity index (χ0v) is 10.9. The molecule has 0 bridgehead atoms. The van der Waals surface area contributed by atoms with Gasteiger partial charge in [0.2, 0.25) is 5.91 Å². The van der Waals surface area contributed by atoms with Crippen LogP contribution in [0.15, 0.2) is 47.7 Å². The highest BCUT2D eigenvalue weighted by Crippen LogP contribution is 2.29. The quantitative estimate of drug-likeness (QED) is 0.705. The number of aromatic amines is 1. The molecule has 0 radical (unpaired) electrons. The van der Waals surface area contributed by atoms with E-state index in [-0.39, 0.29) is 5.91 Å². The van der Waals surface area contributed by atoms with Crippen LogP contribution in [0, 0.1) is 0 Å². The van der Waals surface area contributed by atoms with Crippen molar-refractivity contribution in [3.63, 3.8) is 0 Å². The molecule has 1 unspecified atom stereocenters. The van der Waals surface area contributed by atoms with Gasteiger partial charge in [0.25, 0.3) is 0 Å². The van der Waals surface area contributed by atoms with E-state index in [1.54, 1.807) is 18.6 Å².